The van der Waals surface area contributed by atoms with Crippen molar-refractivity contribution >= 4 is 17.9 Å². The molecule has 7 heteroatoms. The highest BCUT2D eigenvalue weighted by Crippen LogP contribution is 2.18. The van der Waals surface area contributed by atoms with Gasteiger partial charge in [0.25, 0.3) is 0 Å². The third-order valence-electron chi connectivity index (χ3n) is 7.20. The maximum Gasteiger partial charge on any atom is 0.309 e. The zero-order valence-corrected chi connectivity index (χ0v) is 25.4. The minimum atomic E-state index is -0.990. The van der Waals surface area contributed by atoms with Gasteiger partial charge in [-0.2, -0.15) is 0 Å². The van der Waals surface area contributed by atoms with Crippen LogP contribution < -0.4 is 0 Å². The van der Waals surface area contributed by atoms with E-state index in [9.17, 15) is 24.6 Å². The van der Waals surface area contributed by atoms with Crippen LogP contribution in [0.1, 0.15) is 168 Å². The average molecular weight is 557 g/mol. The Hall–Kier alpha value is -1.63. The first-order valence-corrected chi connectivity index (χ1v) is 16.1. The number of carboxylic acid groups (broad SMARTS) is 1. The summed E-state index contributed by atoms with van der Waals surface area (Å²) in [5.41, 5.74) is 0. The molecule has 39 heavy (non-hydrogen) atoms. The molecule has 3 atom stereocenters. The Labute approximate surface area is 238 Å². The molecule has 0 saturated heterocycles. The van der Waals surface area contributed by atoms with Crippen molar-refractivity contribution in [2.24, 2.45) is 0 Å². The van der Waals surface area contributed by atoms with Crippen molar-refractivity contribution in [3.8, 4) is 0 Å². The van der Waals surface area contributed by atoms with E-state index in [4.69, 9.17) is 9.47 Å². The molecule has 0 heterocycles. The molecule has 0 aromatic heterocycles. The topological polar surface area (TPSA) is 110 Å². The Balaban J connectivity index is 4.82. The van der Waals surface area contributed by atoms with Crippen molar-refractivity contribution in [2.45, 2.75) is 187 Å². The standard InChI is InChI=1S/C32H60O7/c1-4-7-10-13-14-17-20-23-29(39-31(36)24-27(33)21-18-15-11-8-5-2)26-32(37)38-28(25-30(34)35)22-19-16-12-9-6-3/h27-29,33H,4-26H2,1-3H3,(H,34,35). The maximum atomic E-state index is 12.8. The normalized spacial score (nSPS) is 13.5. The number of aliphatic carboxylic acids is 1. The fourth-order valence-corrected chi connectivity index (χ4v) is 4.84. The molecule has 0 aromatic carbocycles. The number of carboxylic acids is 1. The molecule has 0 fully saturated rings. The summed E-state index contributed by atoms with van der Waals surface area (Å²) in [6.07, 6.45) is 17.6. The first-order valence-electron chi connectivity index (χ1n) is 16.1. The summed E-state index contributed by atoms with van der Waals surface area (Å²) in [5.74, 6) is -2.00. The third-order valence-corrected chi connectivity index (χ3v) is 7.20. The van der Waals surface area contributed by atoms with Gasteiger partial charge >= 0.3 is 17.9 Å². The molecule has 3 unspecified atom stereocenters. The molecule has 0 bridgehead atoms. The molecule has 0 spiro atoms. The number of esters is 2. The van der Waals surface area contributed by atoms with Crippen LogP contribution >= 0.6 is 0 Å². The van der Waals surface area contributed by atoms with Gasteiger partial charge in [0.15, 0.2) is 0 Å². The molecular formula is C32H60O7. The molecule has 0 radical (unpaired) electrons. The molecule has 0 aliphatic carbocycles. The average Bonchev–Trinajstić information content (AvgIpc) is 2.87. The van der Waals surface area contributed by atoms with E-state index in [0.717, 1.165) is 77.0 Å². The van der Waals surface area contributed by atoms with Gasteiger partial charge in [-0.25, -0.2) is 0 Å². The van der Waals surface area contributed by atoms with Crippen molar-refractivity contribution in [1.82, 2.24) is 0 Å². The number of carbonyl (C=O) groups is 3. The molecule has 2 N–H and O–H groups in total. The largest absolute Gasteiger partial charge is 0.481 e. The second-order valence-electron chi connectivity index (χ2n) is 11.2. The number of carbonyl (C=O) groups excluding carboxylic acids is 2. The van der Waals surface area contributed by atoms with E-state index in [1.54, 1.807) is 0 Å². The Kier molecular flexibility index (Phi) is 25.5. The summed E-state index contributed by atoms with van der Waals surface area (Å²) in [6, 6.07) is 0. The molecule has 0 aromatic rings. The summed E-state index contributed by atoms with van der Waals surface area (Å²) in [4.78, 5) is 36.6. The Bertz CT molecular complexity index is 607. The first-order chi connectivity index (χ1) is 18.8. The summed E-state index contributed by atoms with van der Waals surface area (Å²) < 4.78 is 11.2. The number of aliphatic hydroxyl groups excluding tert-OH is 1. The van der Waals surface area contributed by atoms with Gasteiger partial charge in [0.2, 0.25) is 0 Å². The highest BCUT2D eigenvalue weighted by Gasteiger charge is 2.24. The summed E-state index contributed by atoms with van der Waals surface area (Å²) >= 11 is 0. The van der Waals surface area contributed by atoms with Crippen molar-refractivity contribution in [3.63, 3.8) is 0 Å². The number of hydrogen-bond donors (Lipinski definition) is 2. The lowest BCUT2D eigenvalue weighted by molar-refractivity contribution is -0.160. The van der Waals surface area contributed by atoms with Crippen LogP contribution in [0.25, 0.3) is 0 Å². The lowest BCUT2D eigenvalue weighted by atomic mass is 10.0. The lowest BCUT2D eigenvalue weighted by Crippen LogP contribution is -2.28. The van der Waals surface area contributed by atoms with Crippen molar-refractivity contribution in [2.75, 3.05) is 0 Å². The van der Waals surface area contributed by atoms with Crippen molar-refractivity contribution in [3.05, 3.63) is 0 Å². The van der Waals surface area contributed by atoms with E-state index in [0.29, 0.717) is 19.3 Å². The van der Waals surface area contributed by atoms with Crippen LogP contribution in [-0.2, 0) is 23.9 Å². The van der Waals surface area contributed by atoms with Gasteiger partial charge in [-0.3, -0.25) is 14.4 Å². The number of unbranched alkanes of at least 4 members (excludes halogenated alkanes) is 14. The number of hydrogen-bond acceptors (Lipinski definition) is 6. The van der Waals surface area contributed by atoms with E-state index in [1.165, 1.54) is 32.1 Å². The van der Waals surface area contributed by atoms with Crippen LogP contribution in [0.5, 0.6) is 0 Å². The number of ether oxygens (including phenoxy) is 2. The summed E-state index contributed by atoms with van der Waals surface area (Å²) in [5, 5.41) is 19.5. The van der Waals surface area contributed by atoms with E-state index in [1.807, 2.05) is 0 Å². The molecule has 7 nitrogen and oxygen atoms in total. The van der Waals surface area contributed by atoms with Crippen LogP contribution in [0.15, 0.2) is 0 Å². The number of rotatable bonds is 28. The molecule has 0 aliphatic heterocycles. The van der Waals surface area contributed by atoms with Gasteiger partial charge in [0.05, 0.1) is 25.4 Å². The number of aliphatic hydroxyl groups is 1. The van der Waals surface area contributed by atoms with Gasteiger partial charge in [0.1, 0.15) is 12.2 Å². The predicted molar refractivity (Wildman–Crippen MR) is 157 cm³/mol. The lowest BCUT2D eigenvalue weighted by Gasteiger charge is -2.21. The van der Waals surface area contributed by atoms with Gasteiger partial charge in [-0.05, 0) is 32.1 Å². The highest BCUT2D eigenvalue weighted by molar-refractivity contribution is 5.73. The molecule has 0 saturated carbocycles. The van der Waals surface area contributed by atoms with Crippen LogP contribution in [0.2, 0.25) is 0 Å². The Morgan fingerprint density at radius 2 is 0.872 bits per heavy atom. The molecule has 0 aliphatic rings. The van der Waals surface area contributed by atoms with Gasteiger partial charge in [0, 0.05) is 0 Å². The molecule has 0 amide bonds. The smallest absolute Gasteiger partial charge is 0.309 e. The minimum Gasteiger partial charge on any atom is -0.481 e. The summed E-state index contributed by atoms with van der Waals surface area (Å²) in [7, 11) is 0. The van der Waals surface area contributed by atoms with Gasteiger partial charge in [-0.15, -0.1) is 0 Å². The Morgan fingerprint density at radius 1 is 0.513 bits per heavy atom. The zero-order chi connectivity index (χ0) is 29.1. The minimum absolute atomic E-state index is 0.0737. The van der Waals surface area contributed by atoms with Crippen LogP contribution in [0.3, 0.4) is 0 Å². The Morgan fingerprint density at radius 3 is 1.31 bits per heavy atom. The van der Waals surface area contributed by atoms with E-state index < -0.39 is 36.2 Å². The molecule has 0 rings (SSSR count). The fraction of sp³-hybridized carbons (Fsp3) is 0.906. The van der Waals surface area contributed by atoms with E-state index in [2.05, 4.69) is 20.8 Å². The van der Waals surface area contributed by atoms with Gasteiger partial charge < -0.3 is 19.7 Å². The highest BCUT2D eigenvalue weighted by atomic mass is 16.6. The van der Waals surface area contributed by atoms with Crippen LogP contribution in [-0.4, -0.2) is 46.4 Å². The van der Waals surface area contributed by atoms with Crippen LogP contribution in [0.4, 0.5) is 0 Å². The monoisotopic (exact) mass is 556 g/mol. The zero-order valence-electron chi connectivity index (χ0n) is 25.4. The quantitative estimate of drug-likeness (QED) is 0.0736. The second kappa shape index (κ2) is 26.6. The van der Waals surface area contributed by atoms with Crippen molar-refractivity contribution in [1.29, 1.82) is 0 Å². The van der Waals surface area contributed by atoms with Crippen LogP contribution in [0, 0.1) is 0 Å². The summed E-state index contributed by atoms with van der Waals surface area (Å²) in [6.45, 7) is 6.49. The first kappa shape index (κ1) is 37.4. The second-order valence-corrected chi connectivity index (χ2v) is 11.2. The van der Waals surface area contributed by atoms with E-state index in [-0.39, 0.29) is 19.3 Å². The van der Waals surface area contributed by atoms with Crippen molar-refractivity contribution < 1.29 is 34.1 Å². The molecule has 230 valence electrons. The van der Waals surface area contributed by atoms with Gasteiger partial charge in [-0.1, -0.05) is 117 Å². The van der Waals surface area contributed by atoms with E-state index >= 15 is 0 Å². The predicted octanol–water partition coefficient (Wildman–Crippen LogP) is 8.29. The third kappa shape index (κ3) is 25.1. The fourth-order valence-electron chi connectivity index (χ4n) is 4.84. The maximum absolute atomic E-state index is 12.8. The SMILES string of the molecule is CCCCCCCCCC(CC(=O)OC(CCCCCCC)CC(=O)O)OC(=O)CC(O)CCCCCCC. The molecular weight excluding hydrogens is 496 g/mol.